The largest absolute Gasteiger partial charge is 0.486 e. The van der Waals surface area contributed by atoms with Gasteiger partial charge in [0, 0.05) is 12.6 Å². The molecule has 0 fully saturated rings. The summed E-state index contributed by atoms with van der Waals surface area (Å²) in [5, 5.41) is 3.02. The summed E-state index contributed by atoms with van der Waals surface area (Å²) in [5.74, 6) is 2.34. The molecular weight excluding hydrogens is 238 g/mol. The number of anilines is 1. The van der Waals surface area contributed by atoms with Gasteiger partial charge in [0.1, 0.15) is 18.9 Å². The monoisotopic (exact) mass is 249 g/mol. The van der Waals surface area contributed by atoms with Crippen molar-refractivity contribution in [2.75, 3.05) is 25.6 Å². The smallest absolute Gasteiger partial charge is 0.167 e. The van der Waals surface area contributed by atoms with E-state index in [1.54, 1.807) is 0 Å². The average Bonchev–Trinajstić information content (AvgIpc) is 2.86. The first-order chi connectivity index (χ1) is 8.38. The molecule has 6 heteroatoms. The molecule has 0 saturated heterocycles. The van der Waals surface area contributed by atoms with Crippen LogP contribution in [0.25, 0.3) is 11.3 Å². The van der Waals surface area contributed by atoms with E-state index >= 15 is 0 Å². The summed E-state index contributed by atoms with van der Waals surface area (Å²) in [7, 11) is 1.83. The number of hydrogen-bond donors (Lipinski definition) is 1. The zero-order valence-electron chi connectivity index (χ0n) is 9.27. The highest BCUT2D eigenvalue weighted by atomic mass is 32.1. The van der Waals surface area contributed by atoms with Crippen LogP contribution < -0.4 is 14.8 Å². The third kappa shape index (κ3) is 1.80. The minimum atomic E-state index is 0.588. The average molecular weight is 249 g/mol. The maximum absolute atomic E-state index is 5.55. The first-order valence-electron chi connectivity index (χ1n) is 5.29. The predicted molar refractivity (Wildman–Crippen MR) is 65.9 cm³/mol. The summed E-state index contributed by atoms with van der Waals surface area (Å²) >= 11 is 1.19. The molecule has 0 spiro atoms. The van der Waals surface area contributed by atoms with Gasteiger partial charge in [-0.25, -0.2) is 0 Å². The SMILES string of the molecule is CNc1nsnc1-c1ccc2c(c1)OCCO2. The quantitative estimate of drug-likeness (QED) is 0.882. The Morgan fingerprint density at radius 1 is 1.18 bits per heavy atom. The highest BCUT2D eigenvalue weighted by molar-refractivity contribution is 6.99. The lowest BCUT2D eigenvalue weighted by atomic mass is 10.1. The Labute approximate surface area is 103 Å². The van der Waals surface area contributed by atoms with Crippen LogP contribution in [0.3, 0.4) is 0 Å². The maximum Gasteiger partial charge on any atom is 0.167 e. The second kappa shape index (κ2) is 4.21. The molecule has 3 rings (SSSR count). The maximum atomic E-state index is 5.55. The van der Waals surface area contributed by atoms with Crippen molar-refractivity contribution in [2.24, 2.45) is 0 Å². The number of benzene rings is 1. The van der Waals surface area contributed by atoms with Gasteiger partial charge in [0.15, 0.2) is 17.3 Å². The van der Waals surface area contributed by atoms with Crippen molar-refractivity contribution in [1.82, 2.24) is 8.75 Å². The second-order valence-electron chi connectivity index (χ2n) is 3.57. The molecule has 1 aliphatic heterocycles. The van der Waals surface area contributed by atoms with E-state index in [0.717, 1.165) is 28.6 Å². The first-order valence-corrected chi connectivity index (χ1v) is 6.02. The van der Waals surface area contributed by atoms with Crippen molar-refractivity contribution < 1.29 is 9.47 Å². The summed E-state index contributed by atoms with van der Waals surface area (Å²) in [6, 6.07) is 5.81. The minimum absolute atomic E-state index is 0.588. The van der Waals surface area contributed by atoms with Gasteiger partial charge in [-0.1, -0.05) is 0 Å². The Balaban J connectivity index is 2.04. The van der Waals surface area contributed by atoms with Gasteiger partial charge >= 0.3 is 0 Å². The number of nitrogens with zero attached hydrogens (tertiary/aromatic N) is 2. The van der Waals surface area contributed by atoms with Crippen LogP contribution in [0.2, 0.25) is 0 Å². The molecule has 88 valence electrons. The molecule has 2 aromatic rings. The molecule has 0 atom stereocenters. The molecule has 17 heavy (non-hydrogen) atoms. The Morgan fingerprint density at radius 2 is 2.00 bits per heavy atom. The van der Waals surface area contributed by atoms with Gasteiger partial charge in [0.25, 0.3) is 0 Å². The fourth-order valence-electron chi connectivity index (χ4n) is 1.73. The molecule has 0 bridgehead atoms. The van der Waals surface area contributed by atoms with E-state index in [0.29, 0.717) is 13.2 Å². The van der Waals surface area contributed by atoms with E-state index in [1.807, 2.05) is 25.2 Å². The van der Waals surface area contributed by atoms with Crippen LogP contribution in [0.5, 0.6) is 11.5 Å². The normalized spacial score (nSPS) is 13.5. The lowest BCUT2D eigenvalue weighted by molar-refractivity contribution is 0.171. The Bertz CT molecular complexity index is 541. The van der Waals surface area contributed by atoms with E-state index in [1.165, 1.54) is 11.7 Å². The van der Waals surface area contributed by atoms with Crippen LogP contribution in [0.1, 0.15) is 0 Å². The van der Waals surface area contributed by atoms with E-state index in [2.05, 4.69) is 14.1 Å². The lowest BCUT2D eigenvalue weighted by Crippen LogP contribution is -2.15. The number of aromatic nitrogens is 2. The molecule has 0 aliphatic carbocycles. The Morgan fingerprint density at radius 3 is 2.82 bits per heavy atom. The van der Waals surface area contributed by atoms with Crippen molar-refractivity contribution in [3.8, 4) is 22.8 Å². The highest BCUT2D eigenvalue weighted by Gasteiger charge is 2.15. The molecule has 1 aromatic heterocycles. The predicted octanol–water partition coefficient (Wildman–Crippen LogP) is 2.02. The summed E-state index contributed by atoms with van der Waals surface area (Å²) in [5.41, 5.74) is 1.82. The molecular formula is C11H11N3O2S. The van der Waals surface area contributed by atoms with Crippen molar-refractivity contribution >= 4 is 17.5 Å². The van der Waals surface area contributed by atoms with Gasteiger partial charge < -0.3 is 14.8 Å². The summed E-state index contributed by atoms with van der Waals surface area (Å²) in [6.45, 7) is 1.19. The highest BCUT2D eigenvalue weighted by Crippen LogP contribution is 2.35. The van der Waals surface area contributed by atoms with E-state index in [4.69, 9.17) is 9.47 Å². The summed E-state index contributed by atoms with van der Waals surface area (Å²) < 4.78 is 19.5. The lowest BCUT2D eigenvalue weighted by Gasteiger charge is -2.18. The van der Waals surface area contributed by atoms with Crippen molar-refractivity contribution in [2.45, 2.75) is 0 Å². The standard InChI is InChI=1S/C11H11N3O2S/c1-12-11-10(13-17-14-11)7-2-3-8-9(6-7)16-5-4-15-8/h2-3,6H,4-5H2,1H3,(H,12,14). The van der Waals surface area contributed by atoms with E-state index < -0.39 is 0 Å². The van der Waals surface area contributed by atoms with E-state index in [-0.39, 0.29) is 0 Å². The van der Waals surface area contributed by atoms with Crippen molar-refractivity contribution in [3.05, 3.63) is 18.2 Å². The zero-order valence-corrected chi connectivity index (χ0v) is 10.1. The molecule has 1 aliphatic rings. The Hall–Kier alpha value is -1.82. The first kappa shape index (κ1) is 10.3. The van der Waals surface area contributed by atoms with Gasteiger partial charge in [-0.05, 0) is 18.2 Å². The van der Waals surface area contributed by atoms with Gasteiger partial charge in [0.2, 0.25) is 0 Å². The fraction of sp³-hybridized carbons (Fsp3) is 0.273. The molecule has 2 heterocycles. The van der Waals surface area contributed by atoms with Crippen molar-refractivity contribution in [1.29, 1.82) is 0 Å². The van der Waals surface area contributed by atoms with E-state index in [9.17, 15) is 0 Å². The number of nitrogens with one attached hydrogen (secondary N) is 1. The van der Waals surface area contributed by atoms with Crippen LogP contribution in [0.4, 0.5) is 5.82 Å². The van der Waals surface area contributed by atoms with Gasteiger partial charge in [-0.3, -0.25) is 0 Å². The second-order valence-corrected chi connectivity index (χ2v) is 4.10. The van der Waals surface area contributed by atoms with Gasteiger partial charge in [0.05, 0.1) is 11.7 Å². The number of hydrogen-bond acceptors (Lipinski definition) is 6. The third-order valence-electron chi connectivity index (χ3n) is 2.54. The van der Waals surface area contributed by atoms with Crippen LogP contribution in [0.15, 0.2) is 18.2 Å². The van der Waals surface area contributed by atoms with Crippen LogP contribution in [-0.4, -0.2) is 29.0 Å². The van der Waals surface area contributed by atoms with Crippen LogP contribution >= 0.6 is 11.7 Å². The Kier molecular flexibility index (Phi) is 2.56. The molecule has 1 N–H and O–H groups in total. The molecule has 1 aromatic carbocycles. The molecule has 0 radical (unpaired) electrons. The number of fused-ring (bicyclic) bond motifs is 1. The topological polar surface area (TPSA) is 56.3 Å². The summed E-state index contributed by atoms with van der Waals surface area (Å²) in [4.78, 5) is 0. The number of rotatable bonds is 2. The summed E-state index contributed by atoms with van der Waals surface area (Å²) in [6.07, 6.45) is 0. The fourth-order valence-corrected chi connectivity index (χ4v) is 2.31. The van der Waals surface area contributed by atoms with Crippen LogP contribution in [0, 0.1) is 0 Å². The minimum Gasteiger partial charge on any atom is -0.486 e. The van der Waals surface area contributed by atoms with Gasteiger partial charge in [-0.15, -0.1) is 0 Å². The van der Waals surface area contributed by atoms with Crippen LogP contribution in [-0.2, 0) is 0 Å². The zero-order chi connectivity index (χ0) is 11.7. The third-order valence-corrected chi connectivity index (χ3v) is 3.07. The molecule has 0 saturated carbocycles. The molecule has 5 nitrogen and oxygen atoms in total. The number of ether oxygens (including phenoxy) is 2. The van der Waals surface area contributed by atoms with Crippen molar-refractivity contribution in [3.63, 3.8) is 0 Å². The molecule has 0 unspecified atom stereocenters. The van der Waals surface area contributed by atoms with Gasteiger partial charge in [-0.2, -0.15) is 8.75 Å². The molecule has 0 amide bonds.